The Labute approximate surface area is 125 Å². The van der Waals surface area contributed by atoms with Crippen molar-refractivity contribution < 1.29 is 4.92 Å². The molecule has 0 aliphatic heterocycles. The molecular weight excluding hydrogens is 282 g/mol. The second-order valence-electron chi connectivity index (χ2n) is 4.17. The van der Waals surface area contributed by atoms with Gasteiger partial charge in [0.05, 0.1) is 33.5 Å². The molecule has 0 fully saturated rings. The van der Waals surface area contributed by atoms with E-state index in [0.29, 0.717) is 0 Å². The number of nitrogens with one attached hydrogen (secondary N) is 1. The summed E-state index contributed by atoms with van der Waals surface area (Å²) in [6.07, 6.45) is 1.24. The predicted octanol–water partition coefficient (Wildman–Crippen LogP) is 2.78. The van der Waals surface area contributed by atoms with Gasteiger partial charge in [0.1, 0.15) is 12.1 Å². The van der Waals surface area contributed by atoms with Crippen LogP contribution in [0.3, 0.4) is 0 Å². The minimum atomic E-state index is -0.619. The SMILES string of the molecule is N#Cc1cc(/C=N/Nc2ccccc2)c([N+](=O)[O-])cc1C#N. The second kappa shape index (κ2) is 6.64. The lowest BCUT2D eigenvalue weighted by atomic mass is 10.0. The average molecular weight is 291 g/mol. The van der Waals surface area contributed by atoms with Gasteiger partial charge in [-0.25, -0.2) is 0 Å². The van der Waals surface area contributed by atoms with Gasteiger partial charge in [0.25, 0.3) is 5.69 Å². The van der Waals surface area contributed by atoms with E-state index >= 15 is 0 Å². The number of hydrazone groups is 1. The summed E-state index contributed by atoms with van der Waals surface area (Å²) in [5.74, 6) is 0. The Kier molecular flexibility index (Phi) is 4.43. The molecule has 0 unspecified atom stereocenters. The first-order chi connectivity index (χ1) is 10.7. The molecule has 0 saturated heterocycles. The van der Waals surface area contributed by atoms with Crippen LogP contribution in [-0.2, 0) is 0 Å². The van der Waals surface area contributed by atoms with Crippen molar-refractivity contribution in [2.45, 2.75) is 0 Å². The number of nitro benzene ring substituents is 1. The molecule has 0 aliphatic rings. The van der Waals surface area contributed by atoms with Crippen molar-refractivity contribution in [3.63, 3.8) is 0 Å². The fourth-order valence-electron chi connectivity index (χ4n) is 1.74. The van der Waals surface area contributed by atoms with E-state index in [1.54, 1.807) is 18.2 Å². The molecule has 0 aliphatic carbocycles. The first kappa shape index (κ1) is 14.7. The van der Waals surface area contributed by atoms with Crippen LogP contribution in [0.15, 0.2) is 47.6 Å². The monoisotopic (exact) mass is 291 g/mol. The maximum Gasteiger partial charge on any atom is 0.279 e. The molecule has 2 aromatic rings. The normalized spacial score (nSPS) is 9.91. The second-order valence-corrected chi connectivity index (χ2v) is 4.17. The lowest BCUT2D eigenvalue weighted by Gasteiger charge is -2.01. The highest BCUT2D eigenvalue weighted by atomic mass is 16.6. The number of rotatable bonds is 4. The molecule has 2 aromatic carbocycles. The predicted molar refractivity (Wildman–Crippen MR) is 80.2 cm³/mol. The number of hydrogen-bond acceptors (Lipinski definition) is 6. The van der Waals surface area contributed by atoms with Crippen LogP contribution in [0.2, 0.25) is 0 Å². The van der Waals surface area contributed by atoms with E-state index in [1.165, 1.54) is 12.3 Å². The molecule has 0 bridgehead atoms. The molecule has 106 valence electrons. The van der Waals surface area contributed by atoms with E-state index < -0.39 is 4.92 Å². The molecule has 0 heterocycles. The molecule has 0 spiro atoms. The molecule has 22 heavy (non-hydrogen) atoms. The van der Waals surface area contributed by atoms with E-state index in [9.17, 15) is 10.1 Å². The van der Waals surface area contributed by atoms with E-state index in [1.807, 2.05) is 24.3 Å². The van der Waals surface area contributed by atoms with Crippen LogP contribution >= 0.6 is 0 Å². The van der Waals surface area contributed by atoms with Gasteiger partial charge in [-0.2, -0.15) is 15.6 Å². The van der Waals surface area contributed by atoms with Crippen LogP contribution in [0, 0.1) is 32.8 Å². The van der Waals surface area contributed by atoms with Crippen LogP contribution in [0.5, 0.6) is 0 Å². The van der Waals surface area contributed by atoms with Gasteiger partial charge in [-0.15, -0.1) is 0 Å². The van der Waals surface area contributed by atoms with Crippen molar-refractivity contribution in [3.8, 4) is 12.1 Å². The minimum Gasteiger partial charge on any atom is -0.279 e. The fourth-order valence-corrected chi connectivity index (χ4v) is 1.74. The van der Waals surface area contributed by atoms with Crippen molar-refractivity contribution in [2.75, 3.05) is 5.43 Å². The van der Waals surface area contributed by atoms with Gasteiger partial charge in [0.15, 0.2) is 0 Å². The third kappa shape index (κ3) is 3.24. The van der Waals surface area contributed by atoms with Crippen LogP contribution < -0.4 is 5.43 Å². The Balaban J connectivity index is 2.35. The molecule has 1 N–H and O–H groups in total. The zero-order chi connectivity index (χ0) is 15.9. The van der Waals surface area contributed by atoms with Gasteiger partial charge < -0.3 is 0 Å². The number of nitrogens with zero attached hydrogens (tertiary/aromatic N) is 4. The average Bonchev–Trinajstić information content (AvgIpc) is 2.55. The molecule has 0 saturated carbocycles. The first-order valence-corrected chi connectivity index (χ1v) is 6.12. The number of nitriles is 2. The highest BCUT2D eigenvalue weighted by Crippen LogP contribution is 2.22. The van der Waals surface area contributed by atoms with E-state index in [4.69, 9.17) is 10.5 Å². The largest absolute Gasteiger partial charge is 0.279 e. The molecule has 7 heteroatoms. The van der Waals surface area contributed by atoms with Gasteiger partial charge in [-0.3, -0.25) is 15.5 Å². The first-order valence-electron chi connectivity index (χ1n) is 6.12. The standard InChI is InChI=1S/C15H9N5O2/c16-8-11-6-13(15(20(21)22)7-12(11)9-17)10-18-19-14-4-2-1-3-5-14/h1-7,10,19H/b18-10+. The van der Waals surface area contributed by atoms with Gasteiger partial charge in [-0.1, -0.05) is 18.2 Å². The quantitative estimate of drug-likeness (QED) is 0.528. The zero-order valence-corrected chi connectivity index (χ0v) is 11.2. The summed E-state index contributed by atoms with van der Waals surface area (Å²) < 4.78 is 0. The van der Waals surface area contributed by atoms with Crippen LogP contribution in [0.1, 0.15) is 16.7 Å². The Morgan fingerprint density at radius 2 is 1.77 bits per heavy atom. The van der Waals surface area contributed by atoms with Gasteiger partial charge in [0.2, 0.25) is 0 Å². The van der Waals surface area contributed by atoms with E-state index in [2.05, 4.69) is 10.5 Å². The van der Waals surface area contributed by atoms with Crippen molar-refractivity contribution in [3.05, 3.63) is 69.3 Å². The Morgan fingerprint density at radius 1 is 1.14 bits per heavy atom. The van der Waals surface area contributed by atoms with Crippen LogP contribution in [0.4, 0.5) is 11.4 Å². The van der Waals surface area contributed by atoms with Gasteiger partial charge >= 0.3 is 0 Å². The van der Waals surface area contributed by atoms with Crippen molar-refractivity contribution in [1.29, 1.82) is 10.5 Å². The lowest BCUT2D eigenvalue weighted by Crippen LogP contribution is -1.99. The molecular formula is C15H9N5O2. The summed E-state index contributed by atoms with van der Waals surface area (Å²) in [6.45, 7) is 0. The third-order valence-corrected chi connectivity index (χ3v) is 2.78. The Morgan fingerprint density at radius 3 is 2.36 bits per heavy atom. The Hall–Kier alpha value is -3.71. The van der Waals surface area contributed by atoms with Crippen LogP contribution in [0.25, 0.3) is 0 Å². The summed E-state index contributed by atoms with van der Waals surface area (Å²) in [4.78, 5) is 10.4. The molecule has 0 amide bonds. The third-order valence-electron chi connectivity index (χ3n) is 2.78. The maximum atomic E-state index is 11.1. The smallest absolute Gasteiger partial charge is 0.279 e. The highest BCUT2D eigenvalue weighted by Gasteiger charge is 2.17. The van der Waals surface area contributed by atoms with Crippen molar-refractivity contribution >= 4 is 17.6 Å². The summed E-state index contributed by atoms with van der Waals surface area (Å²) in [5, 5.41) is 32.8. The molecule has 0 radical (unpaired) electrons. The molecule has 0 atom stereocenters. The number of para-hydroxylation sites is 1. The van der Waals surface area contributed by atoms with E-state index in [0.717, 1.165) is 11.8 Å². The molecule has 2 rings (SSSR count). The number of benzene rings is 2. The zero-order valence-electron chi connectivity index (χ0n) is 11.2. The number of nitro groups is 1. The summed E-state index contributed by atoms with van der Waals surface area (Å²) in [7, 11) is 0. The van der Waals surface area contributed by atoms with Crippen molar-refractivity contribution in [2.24, 2.45) is 5.10 Å². The summed E-state index contributed by atoms with van der Waals surface area (Å²) in [6, 6.07) is 15.0. The lowest BCUT2D eigenvalue weighted by molar-refractivity contribution is -0.385. The number of hydrogen-bond donors (Lipinski definition) is 1. The van der Waals surface area contributed by atoms with Gasteiger partial charge in [-0.05, 0) is 18.2 Å². The summed E-state index contributed by atoms with van der Waals surface area (Å²) in [5.41, 5.74) is 3.33. The minimum absolute atomic E-state index is 0.0395. The van der Waals surface area contributed by atoms with E-state index in [-0.39, 0.29) is 22.4 Å². The van der Waals surface area contributed by atoms with Crippen molar-refractivity contribution in [1.82, 2.24) is 0 Å². The number of anilines is 1. The van der Waals surface area contributed by atoms with Crippen LogP contribution in [-0.4, -0.2) is 11.1 Å². The Bertz CT molecular complexity index is 816. The summed E-state index contributed by atoms with van der Waals surface area (Å²) >= 11 is 0. The maximum absolute atomic E-state index is 11.1. The molecule has 0 aromatic heterocycles. The highest BCUT2D eigenvalue weighted by molar-refractivity contribution is 5.87. The fraction of sp³-hybridized carbons (Fsp3) is 0. The molecule has 7 nitrogen and oxygen atoms in total. The topological polar surface area (TPSA) is 115 Å². The van der Waals surface area contributed by atoms with Gasteiger partial charge in [0, 0.05) is 6.07 Å².